The van der Waals surface area contributed by atoms with Crippen LogP contribution in [-0.2, 0) is 9.53 Å². The molecule has 2 amide bonds. The molecule has 0 aliphatic carbocycles. The van der Waals surface area contributed by atoms with Crippen LogP contribution >= 0.6 is 0 Å². The zero-order chi connectivity index (χ0) is 26.8. The minimum Gasteiger partial charge on any atom is -0.468 e. The van der Waals surface area contributed by atoms with Crippen LogP contribution in [-0.4, -0.2) is 68.8 Å². The van der Waals surface area contributed by atoms with Gasteiger partial charge in [0.2, 0.25) is 0 Å². The smallest absolute Gasteiger partial charge is 0.407 e. The van der Waals surface area contributed by atoms with Crippen LogP contribution in [0.1, 0.15) is 23.0 Å². The maximum absolute atomic E-state index is 13.8. The second kappa shape index (κ2) is 10.2. The minimum atomic E-state index is -1.06. The highest BCUT2D eigenvalue weighted by atomic mass is 16.5. The summed E-state index contributed by atoms with van der Waals surface area (Å²) >= 11 is 0. The molecule has 38 heavy (non-hydrogen) atoms. The summed E-state index contributed by atoms with van der Waals surface area (Å²) < 4.78 is 7.52. The van der Waals surface area contributed by atoms with Crippen molar-refractivity contribution in [3.63, 3.8) is 0 Å². The summed E-state index contributed by atoms with van der Waals surface area (Å²) in [5.41, 5.74) is 2.99. The molecule has 1 saturated heterocycles. The lowest BCUT2D eigenvalue weighted by atomic mass is 10.1. The number of carbonyl (C=O) groups is 3. The van der Waals surface area contributed by atoms with Gasteiger partial charge >= 0.3 is 17.8 Å². The van der Waals surface area contributed by atoms with Crippen molar-refractivity contribution in [1.29, 1.82) is 0 Å². The van der Waals surface area contributed by atoms with Gasteiger partial charge in [-0.25, -0.2) is 14.6 Å². The summed E-state index contributed by atoms with van der Waals surface area (Å²) in [6.45, 7) is 0.0821. The van der Waals surface area contributed by atoms with Crippen LogP contribution in [0, 0.1) is 0 Å². The van der Waals surface area contributed by atoms with E-state index in [0.717, 1.165) is 11.1 Å². The number of aromatic nitrogens is 3. The molecule has 0 spiro atoms. The van der Waals surface area contributed by atoms with Gasteiger partial charge in [-0.1, -0.05) is 42.5 Å². The highest BCUT2D eigenvalue weighted by Crippen LogP contribution is 2.27. The predicted molar refractivity (Wildman–Crippen MR) is 138 cm³/mol. The third kappa shape index (κ3) is 4.61. The lowest BCUT2D eigenvalue weighted by Crippen LogP contribution is -2.31. The molecular weight excluding hydrogens is 490 g/mol. The number of rotatable bonds is 6. The molecule has 2 aromatic carbocycles. The quantitative estimate of drug-likeness (QED) is 0.377. The van der Waals surface area contributed by atoms with Crippen LogP contribution in [0.25, 0.3) is 28.0 Å². The van der Waals surface area contributed by atoms with Crippen LogP contribution in [0.2, 0.25) is 0 Å². The molecule has 1 fully saturated rings. The van der Waals surface area contributed by atoms with Crippen molar-refractivity contribution in [2.45, 2.75) is 12.5 Å². The van der Waals surface area contributed by atoms with E-state index in [2.05, 4.69) is 15.0 Å². The van der Waals surface area contributed by atoms with Gasteiger partial charge in [0, 0.05) is 13.1 Å². The second-order valence-corrected chi connectivity index (χ2v) is 8.87. The van der Waals surface area contributed by atoms with E-state index >= 15 is 0 Å². The first kappa shape index (κ1) is 24.8. The number of nitrogens with zero attached hydrogens (tertiary/aromatic N) is 4. The molecule has 5 rings (SSSR count). The van der Waals surface area contributed by atoms with Crippen molar-refractivity contribution in [2.75, 3.05) is 26.7 Å². The maximum Gasteiger partial charge on any atom is 0.407 e. The van der Waals surface area contributed by atoms with Crippen molar-refractivity contribution >= 4 is 29.1 Å². The molecule has 2 N–H and O–H groups in total. The van der Waals surface area contributed by atoms with E-state index in [1.165, 1.54) is 27.2 Å². The number of likely N-dealkylation sites (tertiary alicyclic amines) is 1. The summed E-state index contributed by atoms with van der Waals surface area (Å²) in [6.07, 6.45) is -0.629. The van der Waals surface area contributed by atoms with Crippen molar-refractivity contribution in [2.24, 2.45) is 0 Å². The Hall–Kier alpha value is -4.93. The van der Waals surface area contributed by atoms with Gasteiger partial charge < -0.3 is 20.1 Å². The monoisotopic (exact) mass is 515 g/mol. The third-order valence-corrected chi connectivity index (χ3v) is 6.61. The number of hydrogen-bond acceptors (Lipinski definition) is 6. The Morgan fingerprint density at radius 3 is 2.39 bits per heavy atom. The number of methoxy groups -OCH3 is 1. The van der Waals surface area contributed by atoms with E-state index in [4.69, 9.17) is 0 Å². The molecule has 11 nitrogen and oxygen atoms in total. The van der Waals surface area contributed by atoms with E-state index < -0.39 is 24.0 Å². The van der Waals surface area contributed by atoms with Gasteiger partial charge in [0.1, 0.15) is 12.2 Å². The highest BCUT2D eigenvalue weighted by molar-refractivity contribution is 5.96. The zero-order valence-corrected chi connectivity index (χ0v) is 20.5. The van der Waals surface area contributed by atoms with Gasteiger partial charge in [-0.3, -0.25) is 18.7 Å². The Morgan fingerprint density at radius 1 is 1.03 bits per heavy atom. The van der Waals surface area contributed by atoms with Gasteiger partial charge in [0.15, 0.2) is 5.65 Å². The van der Waals surface area contributed by atoms with Crippen LogP contribution in [0.15, 0.2) is 71.5 Å². The number of fused-ring (bicyclic) bond motifs is 1. The fourth-order valence-electron chi connectivity index (χ4n) is 4.67. The predicted octanol–water partition coefficient (Wildman–Crippen LogP) is 2.68. The lowest BCUT2D eigenvalue weighted by molar-refractivity contribution is -0.139. The first-order chi connectivity index (χ1) is 18.4. The molecule has 4 aromatic rings. The zero-order valence-electron chi connectivity index (χ0n) is 20.5. The molecule has 1 aliphatic heterocycles. The first-order valence-electron chi connectivity index (χ1n) is 12.0. The van der Waals surface area contributed by atoms with Gasteiger partial charge in [-0.15, -0.1) is 0 Å². The van der Waals surface area contributed by atoms with E-state index in [1.54, 1.807) is 6.07 Å². The molecule has 1 unspecified atom stereocenters. The normalized spacial score (nSPS) is 15.0. The van der Waals surface area contributed by atoms with Gasteiger partial charge in [-0.05, 0) is 41.8 Å². The molecule has 194 valence electrons. The molecular formula is C27H25N5O6. The van der Waals surface area contributed by atoms with Crippen LogP contribution in [0.5, 0.6) is 0 Å². The number of hydrogen-bond donors (Lipinski definition) is 2. The Bertz CT molecular complexity index is 1580. The molecule has 1 aliphatic rings. The number of carbonyl (C=O) groups excluding carboxylic acids is 2. The average molecular weight is 516 g/mol. The SMILES string of the molecule is COC(=O)CNC(=O)c1ccc2c(n1)n(C1CCN(C(=O)O)C1)c(=O)n2-c1ccc(-c2ccccc2)cc1. The molecule has 0 radical (unpaired) electrons. The number of imidazole rings is 1. The Morgan fingerprint density at radius 2 is 1.74 bits per heavy atom. The molecule has 2 aromatic heterocycles. The van der Waals surface area contributed by atoms with Gasteiger partial charge in [0.05, 0.1) is 24.4 Å². The highest BCUT2D eigenvalue weighted by Gasteiger charge is 2.31. The number of ether oxygens (including phenoxy) is 1. The van der Waals surface area contributed by atoms with Crippen LogP contribution in [0.3, 0.4) is 0 Å². The van der Waals surface area contributed by atoms with Crippen LogP contribution in [0.4, 0.5) is 4.79 Å². The number of carboxylic acid groups (broad SMARTS) is 1. The van der Waals surface area contributed by atoms with E-state index in [-0.39, 0.29) is 36.7 Å². The number of benzene rings is 2. The fraction of sp³-hybridized carbons (Fsp3) is 0.222. The minimum absolute atomic E-state index is 0.0137. The molecule has 0 saturated carbocycles. The number of nitrogens with one attached hydrogen (secondary N) is 1. The standard InChI is InChI=1S/C27H25N5O6/c1-38-23(33)15-28-25(34)21-11-12-22-24(29-21)32(20-13-14-30(16-20)27(36)37)26(35)31(22)19-9-7-18(8-10-19)17-5-3-2-4-6-17/h2-12,20H,13-16H2,1H3,(H,28,34)(H,36,37). The first-order valence-corrected chi connectivity index (χ1v) is 12.0. The molecule has 11 heteroatoms. The topological polar surface area (TPSA) is 136 Å². The summed E-state index contributed by atoms with van der Waals surface area (Å²) in [7, 11) is 1.22. The number of amides is 2. The lowest BCUT2D eigenvalue weighted by Gasteiger charge is -2.13. The van der Waals surface area contributed by atoms with E-state index in [1.807, 2.05) is 54.6 Å². The van der Waals surface area contributed by atoms with Crippen molar-refractivity contribution in [3.05, 3.63) is 82.9 Å². The molecule has 0 bridgehead atoms. The molecule has 3 heterocycles. The Balaban J connectivity index is 1.59. The van der Waals surface area contributed by atoms with Crippen LogP contribution < -0.4 is 11.0 Å². The summed E-state index contributed by atoms with van der Waals surface area (Å²) in [6, 6.07) is 20.0. The van der Waals surface area contributed by atoms with Gasteiger partial charge in [-0.2, -0.15) is 0 Å². The Kier molecular flexibility index (Phi) is 6.65. The average Bonchev–Trinajstić information content (AvgIpc) is 3.54. The number of esters is 1. The number of pyridine rings is 1. The van der Waals surface area contributed by atoms with Crippen molar-refractivity contribution in [1.82, 2.24) is 24.3 Å². The fourth-order valence-corrected chi connectivity index (χ4v) is 4.67. The van der Waals surface area contributed by atoms with Crippen molar-refractivity contribution in [3.8, 4) is 16.8 Å². The maximum atomic E-state index is 13.8. The summed E-state index contributed by atoms with van der Waals surface area (Å²) in [5.74, 6) is -1.21. The van der Waals surface area contributed by atoms with Gasteiger partial charge in [0.25, 0.3) is 5.91 Å². The second-order valence-electron chi connectivity index (χ2n) is 8.87. The summed E-state index contributed by atoms with van der Waals surface area (Å²) in [5, 5.41) is 11.9. The molecule has 1 atom stereocenters. The third-order valence-electron chi connectivity index (χ3n) is 6.61. The van der Waals surface area contributed by atoms with E-state index in [9.17, 15) is 24.3 Å². The largest absolute Gasteiger partial charge is 0.468 e. The Labute approximate surface area is 216 Å². The van der Waals surface area contributed by atoms with Crippen molar-refractivity contribution < 1.29 is 24.2 Å². The van der Waals surface area contributed by atoms with E-state index in [0.29, 0.717) is 17.6 Å². The summed E-state index contributed by atoms with van der Waals surface area (Å²) in [4.78, 5) is 55.1.